The Bertz CT molecular complexity index is 718. The number of halogens is 1. The first-order valence-electron chi connectivity index (χ1n) is 6.91. The Morgan fingerprint density at radius 3 is 2.57 bits per heavy atom. The SMILES string of the molecule is COc1ccc(CN(C)C(=O)c2cc(Br)ccc2O)c(OC)c1. The summed E-state index contributed by atoms with van der Waals surface area (Å²) in [5.41, 5.74) is 1.09. The maximum atomic E-state index is 12.5. The zero-order valence-corrected chi connectivity index (χ0v) is 14.8. The van der Waals surface area contributed by atoms with E-state index in [2.05, 4.69) is 15.9 Å². The second kappa shape index (κ2) is 7.37. The van der Waals surface area contributed by atoms with Crippen LogP contribution in [0.1, 0.15) is 15.9 Å². The zero-order chi connectivity index (χ0) is 17.0. The number of carbonyl (C=O) groups is 1. The molecule has 0 atom stereocenters. The maximum absolute atomic E-state index is 12.5. The molecule has 5 nitrogen and oxygen atoms in total. The molecule has 0 saturated heterocycles. The van der Waals surface area contributed by atoms with E-state index in [9.17, 15) is 9.90 Å². The second-order valence-electron chi connectivity index (χ2n) is 5.00. The summed E-state index contributed by atoms with van der Waals surface area (Å²) >= 11 is 3.30. The smallest absolute Gasteiger partial charge is 0.257 e. The molecule has 0 spiro atoms. The molecule has 0 heterocycles. The first kappa shape index (κ1) is 17.1. The van der Waals surface area contributed by atoms with Crippen LogP contribution in [0.3, 0.4) is 0 Å². The van der Waals surface area contributed by atoms with Crippen molar-refractivity contribution in [3.05, 3.63) is 52.0 Å². The van der Waals surface area contributed by atoms with Crippen molar-refractivity contribution in [3.8, 4) is 17.2 Å². The second-order valence-corrected chi connectivity index (χ2v) is 5.92. The van der Waals surface area contributed by atoms with Crippen molar-refractivity contribution in [2.75, 3.05) is 21.3 Å². The number of aromatic hydroxyl groups is 1. The van der Waals surface area contributed by atoms with E-state index >= 15 is 0 Å². The van der Waals surface area contributed by atoms with Gasteiger partial charge in [0.1, 0.15) is 17.2 Å². The first-order valence-corrected chi connectivity index (χ1v) is 7.70. The van der Waals surface area contributed by atoms with Gasteiger partial charge in [0.05, 0.1) is 19.8 Å². The molecule has 0 aromatic heterocycles. The molecule has 0 fully saturated rings. The van der Waals surface area contributed by atoms with Crippen LogP contribution >= 0.6 is 15.9 Å². The van der Waals surface area contributed by atoms with Crippen LogP contribution in [-0.2, 0) is 6.54 Å². The number of hydrogen-bond donors (Lipinski definition) is 1. The Labute approximate surface area is 143 Å². The van der Waals surface area contributed by atoms with Crippen LogP contribution in [0.25, 0.3) is 0 Å². The summed E-state index contributed by atoms with van der Waals surface area (Å²) in [6.07, 6.45) is 0. The van der Waals surface area contributed by atoms with Gasteiger partial charge in [-0.05, 0) is 30.3 Å². The first-order chi connectivity index (χ1) is 11.0. The predicted octanol–water partition coefficient (Wildman–Crippen LogP) is 3.44. The third-order valence-electron chi connectivity index (χ3n) is 3.44. The van der Waals surface area contributed by atoms with Gasteiger partial charge in [-0.3, -0.25) is 4.79 Å². The van der Waals surface area contributed by atoms with Crippen LogP contribution < -0.4 is 9.47 Å². The van der Waals surface area contributed by atoms with Gasteiger partial charge in [-0.15, -0.1) is 0 Å². The molecule has 1 amide bonds. The number of ether oxygens (including phenoxy) is 2. The van der Waals surface area contributed by atoms with Crippen LogP contribution in [0.2, 0.25) is 0 Å². The molecule has 2 aromatic carbocycles. The topological polar surface area (TPSA) is 59.0 Å². The maximum Gasteiger partial charge on any atom is 0.257 e. The Morgan fingerprint density at radius 2 is 1.91 bits per heavy atom. The van der Waals surface area contributed by atoms with Gasteiger partial charge in [-0.2, -0.15) is 0 Å². The number of amides is 1. The molecule has 2 aromatic rings. The van der Waals surface area contributed by atoms with Gasteiger partial charge in [0.2, 0.25) is 0 Å². The van der Waals surface area contributed by atoms with Crippen molar-refractivity contribution in [2.45, 2.75) is 6.54 Å². The highest BCUT2D eigenvalue weighted by Gasteiger charge is 2.18. The Kier molecular flexibility index (Phi) is 5.50. The minimum Gasteiger partial charge on any atom is -0.507 e. The van der Waals surface area contributed by atoms with E-state index in [0.29, 0.717) is 18.0 Å². The predicted molar refractivity (Wildman–Crippen MR) is 91.2 cm³/mol. The number of phenolic OH excluding ortho intramolecular Hbond substituents is 1. The van der Waals surface area contributed by atoms with Crippen molar-refractivity contribution < 1.29 is 19.4 Å². The Hall–Kier alpha value is -2.21. The van der Waals surface area contributed by atoms with Crippen molar-refractivity contribution in [2.24, 2.45) is 0 Å². The van der Waals surface area contributed by atoms with Gasteiger partial charge in [0.15, 0.2) is 0 Å². The van der Waals surface area contributed by atoms with Gasteiger partial charge >= 0.3 is 0 Å². The molecule has 122 valence electrons. The third kappa shape index (κ3) is 3.96. The lowest BCUT2D eigenvalue weighted by Crippen LogP contribution is -2.26. The average molecular weight is 380 g/mol. The number of rotatable bonds is 5. The number of hydrogen-bond acceptors (Lipinski definition) is 4. The van der Waals surface area contributed by atoms with Crippen molar-refractivity contribution in [3.63, 3.8) is 0 Å². The number of methoxy groups -OCH3 is 2. The minimum absolute atomic E-state index is 0.0493. The molecule has 2 rings (SSSR count). The summed E-state index contributed by atoms with van der Waals surface area (Å²) in [5, 5.41) is 9.88. The van der Waals surface area contributed by atoms with E-state index in [1.807, 2.05) is 12.1 Å². The molecule has 0 aliphatic carbocycles. The van der Waals surface area contributed by atoms with E-state index < -0.39 is 0 Å². The van der Waals surface area contributed by atoms with Crippen LogP contribution in [-0.4, -0.2) is 37.2 Å². The van der Waals surface area contributed by atoms with Crippen LogP contribution in [0, 0.1) is 0 Å². The molecule has 1 N–H and O–H groups in total. The third-order valence-corrected chi connectivity index (χ3v) is 3.93. The van der Waals surface area contributed by atoms with E-state index in [1.165, 1.54) is 11.0 Å². The van der Waals surface area contributed by atoms with Gasteiger partial charge < -0.3 is 19.5 Å². The lowest BCUT2D eigenvalue weighted by atomic mass is 10.1. The van der Waals surface area contributed by atoms with Gasteiger partial charge in [-0.25, -0.2) is 0 Å². The summed E-state index contributed by atoms with van der Waals surface area (Å²) in [4.78, 5) is 14.0. The van der Waals surface area contributed by atoms with E-state index in [4.69, 9.17) is 9.47 Å². The molecule has 0 saturated carbocycles. The van der Waals surface area contributed by atoms with Gasteiger partial charge in [0, 0.05) is 29.7 Å². The lowest BCUT2D eigenvalue weighted by Gasteiger charge is -2.20. The Balaban J connectivity index is 2.23. The quantitative estimate of drug-likeness (QED) is 0.864. The molecule has 0 bridgehead atoms. The minimum atomic E-state index is -0.276. The summed E-state index contributed by atoms with van der Waals surface area (Å²) in [5.74, 6) is 1.00. The number of benzene rings is 2. The van der Waals surface area contributed by atoms with Crippen LogP contribution in [0.4, 0.5) is 0 Å². The molecule has 0 aliphatic heterocycles. The van der Waals surface area contributed by atoms with Crippen molar-refractivity contribution in [1.29, 1.82) is 0 Å². The highest BCUT2D eigenvalue weighted by Crippen LogP contribution is 2.27. The summed E-state index contributed by atoms with van der Waals surface area (Å²) < 4.78 is 11.2. The molecule has 23 heavy (non-hydrogen) atoms. The Morgan fingerprint density at radius 1 is 1.17 bits per heavy atom. The summed E-state index contributed by atoms with van der Waals surface area (Å²) in [7, 11) is 4.83. The molecular formula is C17H18BrNO4. The fourth-order valence-electron chi connectivity index (χ4n) is 2.19. The van der Waals surface area contributed by atoms with Crippen molar-refractivity contribution in [1.82, 2.24) is 4.90 Å². The molecule has 0 radical (unpaired) electrons. The summed E-state index contributed by atoms with van der Waals surface area (Å²) in [6, 6.07) is 10.2. The highest BCUT2D eigenvalue weighted by atomic mass is 79.9. The fraction of sp³-hybridized carbons (Fsp3) is 0.235. The van der Waals surface area contributed by atoms with Gasteiger partial charge in [0.25, 0.3) is 5.91 Å². The van der Waals surface area contributed by atoms with Crippen LogP contribution in [0.5, 0.6) is 17.2 Å². The normalized spacial score (nSPS) is 10.3. The molecule has 0 unspecified atom stereocenters. The standard InChI is InChI=1S/C17H18BrNO4/c1-19(17(21)14-8-12(18)5-7-15(14)20)10-11-4-6-13(22-2)9-16(11)23-3/h4-9,20H,10H2,1-3H3. The monoisotopic (exact) mass is 379 g/mol. The van der Waals surface area contributed by atoms with Crippen molar-refractivity contribution >= 4 is 21.8 Å². The zero-order valence-electron chi connectivity index (χ0n) is 13.2. The molecule has 6 heteroatoms. The van der Waals surface area contributed by atoms with E-state index in [0.717, 1.165) is 10.0 Å². The molecular weight excluding hydrogens is 362 g/mol. The van der Waals surface area contributed by atoms with Gasteiger partial charge in [-0.1, -0.05) is 15.9 Å². The lowest BCUT2D eigenvalue weighted by molar-refractivity contribution is 0.0781. The van der Waals surface area contributed by atoms with E-state index in [1.54, 1.807) is 39.5 Å². The fourth-order valence-corrected chi connectivity index (χ4v) is 2.56. The number of nitrogens with zero attached hydrogens (tertiary/aromatic N) is 1. The van der Waals surface area contributed by atoms with E-state index in [-0.39, 0.29) is 17.2 Å². The number of phenols is 1. The highest BCUT2D eigenvalue weighted by molar-refractivity contribution is 9.10. The average Bonchev–Trinajstić information content (AvgIpc) is 2.56. The molecule has 0 aliphatic rings. The number of carbonyl (C=O) groups excluding carboxylic acids is 1. The summed E-state index contributed by atoms with van der Waals surface area (Å²) in [6.45, 7) is 0.345. The van der Waals surface area contributed by atoms with Crippen LogP contribution in [0.15, 0.2) is 40.9 Å². The largest absolute Gasteiger partial charge is 0.507 e.